The first-order valence-electron chi connectivity index (χ1n) is 11.4. The number of amides is 1. The second-order valence-electron chi connectivity index (χ2n) is 8.89. The van der Waals surface area contributed by atoms with Crippen LogP contribution in [0.15, 0.2) is 67.0 Å². The van der Waals surface area contributed by atoms with Crippen LogP contribution in [0, 0.1) is 11.7 Å². The molecule has 9 heteroatoms. The van der Waals surface area contributed by atoms with E-state index in [0.29, 0.717) is 36.6 Å². The van der Waals surface area contributed by atoms with Crippen LogP contribution in [0.3, 0.4) is 0 Å². The van der Waals surface area contributed by atoms with Crippen molar-refractivity contribution in [2.24, 2.45) is 5.92 Å². The van der Waals surface area contributed by atoms with Crippen molar-refractivity contribution < 1.29 is 22.4 Å². The van der Waals surface area contributed by atoms with Crippen molar-refractivity contribution in [1.82, 2.24) is 10.3 Å². The Morgan fingerprint density at radius 1 is 1.06 bits per heavy atom. The van der Waals surface area contributed by atoms with Gasteiger partial charge in [0.05, 0.1) is 23.2 Å². The fourth-order valence-electron chi connectivity index (χ4n) is 5.05. The second kappa shape index (κ2) is 9.20. The molecule has 1 N–H and O–H groups in total. The van der Waals surface area contributed by atoms with Crippen LogP contribution in [0.25, 0.3) is 0 Å². The van der Waals surface area contributed by atoms with Crippen molar-refractivity contribution in [2.45, 2.75) is 25.2 Å². The molecule has 3 heterocycles. The quantitative estimate of drug-likeness (QED) is 0.557. The molecule has 0 aliphatic carbocycles. The highest BCUT2D eigenvalue weighted by molar-refractivity contribution is 5.82. The van der Waals surface area contributed by atoms with Crippen LogP contribution in [-0.4, -0.2) is 36.6 Å². The van der Waals surface area contributed by atoms with E-state index in [0.717, 1.165) is 17.7 Å². The molecule has 2 aromatic carbocycles. The first-order valence-corrected chi connectivity index (χ1v) is 11.4. The van der Waals surface area contributed by atoms with Crippen LogP contribution in [0.2, 0.25) is 0 Å². The summed E-state index contributed by atoms with van der Waals surface area (Å²) >= 11 is 0. The number of para-hydroxylation sites is 1. The van der Waals surface area contributed by atoms with E-state index >= 15 is 0 Å². The van der Waals surface area contributed by atoms with Crippen LogP contribution < -0.4 is 15.1 Å². The summed E-state index contributed by atoms with van der Waals surface area (Å²) in [6, 6.07) is 13.5. The molecule has 5 nitrogen and oxygen atoms in total. The average molecular weight is 484 g/mol. The summed E-state index contributed by atoms with van der Waals surface area (Å²) in [5.41, 5.74) is 1.75. The molecule has 1 aromatic heterocycles. The third kappa shape index (κ3) is 4.67. The Balaban J connectivity index is 1.45. The van der Waals surface area contributed by atoms with Crippen molar-refractivity contribution in [2.75, 3.05) is 29.4 Å². The molecule has 0 radical (unpaired) electrons. The van der Waals surface area contributed by atoms with E-state index < -0.39 is 17.7 Å². The number of alkyl halides is 3. The van der Waals surface area contributed by atoms with Gasteiger partial charge in [-0.15, -0.1) is 0 Å². The lowest BCUT2D eigenvalue weighted by molar-refractivity contribution is -0.137. The lowest BCUT2D eigenvalue weighted by atomic mass is 9.82. The van der Waals surface area contributed by atoms with Gasteiger partial charge < -0.3 is 15.1 Å². The summed E-state index contributed by atoms with van der Waals surface area (Å²) in [7, 11) is 0. The van der Waals surface area contributed by atoms with Gasteiger partial charge in [-0.3, -0.25) is 9.78 Å². The van der Waals surface area contributed by atoms with Gasteiger partial charge in [-0.05, 0) is 53.9 Å². The minimum Gasteiger partial charge on any atom is -0.365 e. The fraction of sp³-hybridized carbons (Fsp3) is 0.308. The molecule has 2 atom stereocenters. The number of piperazine rings is 1. The van der Waals surface area contributed by atoms with Gasteiger partial charge in [0.2, 0.25) is 5.91 Å². The number of anilines is 2. The topological polar surface area (TPSA) is 48.5 Å². The number of rotatable bonds is 4. The van der Waals surface area contributed by atoms with Gasteiger partial charge in [-0.1, -0.05) is 18.2 Å². The van der Waals surface area contributed by atoms with E-state index in [9.17, 15) is 22.4 Å². The molecule has 1 fully saturated rings. The zero-order chi connectivity index (χ0) is 24.6. The molecular weight excluding hydrogens is 460 g/mol. The minimum absolute atomic E-state index is 0.171. The highest BCUT2D eigenvalue weighted by Gasteiger charge is 2.43. The molecule has 1 amide bonds. The van der Waals surface area contributed by atoms with Crippen molar-refractivity contribution in [3.05, 3.63) is 89.5 Å². The molecule has 182 valence electrons. The molecule has 2 unspecified atom stereocenters. The maximum absolute atomic E-state index is 14.5. The number of halogens is 4. The molecule has 0 bridgehead atoms. The van der Waals surface area contributed by atoms with E-state index in [1.807, 2.05) is 15.9 Å². The molecule has 3 aromatic rings. The summed E-state index contributed by atoms with van der Waals surface area (Å²) < 4.78 is 54.7. The van der Waals surface area contributed by atoms with Gasteiger partial charge in [0.25, 0.3) is 0 Å². The van der Waals surface area contributed by atoms with Crippen LogP contribution in [-0.2, 0) is 23.9 Å². The zero-order valence-corrected chi connectivity index (χ0v) is 18.8. The number of benzene rings is 2. The number of carbonyl (C=O) groups excluding carboxylic acids is 1. The van der Waals surface area contributed by atoms with Gasteiger partial charge in [0.15, 0.2) is 0 Å². The number of carbonyl (C=O) groups is 1. The monoisotopic (exact) mass is 484 g/mol. The molecule has 1 saturated heterocycles. The van der Waals surface area contributed by atoms with Crippen LogP contribution in [0.4, 0.5) is 28.9 Å². The van der Waals surface area contributed by atoms with Gasteiger partial charge in [0, 0.05) is 44.3 Å². The predicted molar refractivity (Wildman–Crippen MR) is 124 cm³/mol. The molecule has 2 aliphatic heterocycles. The van der Waals surface area contributed by atoms with E-state index in [-0.39, 0.29) is 30.7 Å². The van der Waals surface area contributed by atoms with Crippen LogP contribution in [0.5, 0.6) is 0 Å². The van der Waals surface area contributed by atoms with Crippen LogP contribution >= 0.6 is 0 Å². The van der Waals surface area contributed by atoms with Crippen molar-refractivity contribution in [3.63, 3.8) is 0 Å². The van der Waals surface area contributed by atoms with Crippen LogP contribution in [0.1, 0.15) is 16.7 Å². The van der Waals surface area contributed by atoms with E-state index in [4.69, 9.17) is 0 Å². The molecule has 2 aliphatic rings. The number of pyridine rings is 1. The first-order chi connectivity index (χ1) is 16.8. The minimum atomic E-state index is -4.46. The SMILES string of the molecule is O=C(NCc1cccnc1)C1Cc2cc(C(F)(F)F)ccc2N2CCN(c3ccccc3F)CC12. The third-order valence-electron chi connectivity index (χ3n) is 6.76. The summed E-state index contributed by atoms with van der Waals surface area (Å²) in [5.74, 6) is -1.19. The Bertz CT molecular complexity index is 1220. The van der Waals surface area contributed by atoms with Gasteiger partial charge in [-0.2, -0.15) is 13.2 Å². The molecular formula is C26H24F4N4O. The van der Waals surface area contributed by atoms with Crippen molar-refractivity contribution in [1.29, 1.82) is 0 Å². The highest BCUT2D eigenvalue weighted by atomic mass is 19.4. The normalized spacial score (nSPS) is 19.7. The predicted octanol–water partition coefficient (Wildman–Crippen LogP) is 4.42. The Kier molecular flexibility index (Phi) is 6.08. The van der Waals surface area contributed by atoms with Crippen molar-refractivity contribution in [3.8, 4) is 0 Å². The summed E-state index contributed by atoms with van der Waals surface area (Å²) in [6.45, 7) is 1.60. The zero-order valence-electron chi connectivity index (χ0n) is 18.8. The fourth-order valence-corrected chi connectivity index (χ4v) is 5.05. The Morgan fingerprint density at radius 2 is 1.89 bits per heavy atom. The second-order valence-corrected chi connectivity index (χ2v) is 8.89. The summed E-state index contributed by atoms with van der Waals surface area (Å²) in [5, 5.41) is 2.92. The summed E-state index contributed by atoms with van der Waals surface area (Å²) in [4.78, 5) is 21.3. The Labute approximate surface area is 200 Å². The third-order valence-corrected chi connectivity index (χ3v) is 6.76. The largest absolute Gasteiger partial charge is 0.416 e. The van der Waals surface area contributed by atoms with Crippen molar-refractivity contribution >= 4 is 17.3 Å². The number of aromatic nitrogens is 1. The number of hydrogen-bond acceptors (Lipinski definition) is 4. The maximum Gasteiger partial charge on any atom is 0.416 e. The van der Waals surface area contributed by atoms with E-state index in [2.05, 4.69) is 10.3 Å². The first kappa shape index (κ1) is 23.1. The van der Waals surface area contributed by atoms with E-state index in [1.165, 1.54) is 12.1 Å². The number of nitrogens with one attached hydrogen (secondary N) is 1. The number of hydrogen-bond donors (Lipinski definition) is 1. The standard InChI is InChI=1S/C26H24F4N4O/c27-21-5-1-2-6-23(21)33-10-11-34-22-8-7-19(26(28,29)30)12-18(22)13-20(24(34)16-33)25(35)32-15-17-4-3-9-31-14-17/h1-9,12,14,20,24H,10-11,13,15-16H2,(H,32,35). The highest BCUT2D eigenvalue weighted by Crippen LogP contribution is 2.40. The summed E-state index contributed by atoms with van der Waals surface area (Å²) in [6.07, 6.45) is -1.00. The van der Waals surface area contributed by atoms with E-state index in [1.54, 1.807) is 36.7 Å². The molecule has 5 rings (SSSR count). The average Bonchev–Trinajstić information content (AvgIpc) is 2.86. The number of fused-ring (bicyclic) bond motifs is 3. The number of nitrogens with zero attached hydrogens (tertiary/aromatic N) is 3. The molecule has 0 saturated carbocycles. The maximum atomic E-state index is 14.5. The Morgan fingerprint density at radius 3 is 2.63 bits per heavy atom. The lowest BCUT2D eigenvalue weighted by Gasteiger charge is -2.49. The smallest absolute Gasteiger partial charge is 0.365 e. The van der Waals surface area contributed by atoms with Gasteiger partial charge >= 0.3 is 6.18 Å². The lowest BCUT2D eigenvalue weighted by Crippen LogP contribution is -2.61. The Hall–Kier alpha value is -3.62. The molecule has 35 heavy (non-hydrogen) atoms. The van der Waals surface area contributed by atoms with Gasteiger partial charge in [-0.25, -0.2) is 4.39 Å². The van der Waals surface area contributed by atoms with Gasteiger partial charge in [0.1, 0.15) is 5.82 Å². The molecule has 0 spiro atoms.